The minimum absolute atomic E-state index is 0.107. The molecule has 1 heterocycles. The second-order valence-corrected chi connectivity index (χ2v) is 6.46. The number of hydrogen-bond acceptors (Lipinski definition) is 5. The molecule has 1 aliphatic heterocycles. The molecule has 0 spiro atoms. The molecule has 2 aromatic carbocycles. The molecule has 0 bridgehead atoms. The quantitative estimate of drug-likeness (QED) is 0.542. The molecule has 1 aliphatic rings. The van der Waals surface area contributed by atoms with Crippen molar-refractivity contribution in [2.75, 3.05) is 32.8 Å². The third kappa shape index (κ3) is 5.91. The van der Waals surface area contributed by atoms with Gasteiger partial charge >= 0.3 is 0 Å². The summed E-state index contributed by atoms with van der Waals surface area (Å²) >= 11 is 0. The van der Waals surface area contributed by atoms with E-state index in [4.69, 9.17) is 14.7 Å². The average Bonchev–Trinajstić information content (AvgIpc) is 2.74. The highest BCUT2D eigenvalue weighted by Gasteiger charge is 2.16. The van der Waals surface area contributed by atoms with E-state index >= 15 is 0 Å². The number of nitrogens with one attached hydrogen (secondary N) is 2. The number of quaternary nitrogens is 1. The molecule has 0 aromatic heterocycles. The molecule has 1 fully saturated rings. The highest BCUT2D eigenvalue weighted by atomic mass is 16.5. The summed E-state index contributed by atoms with van der Waals surface area (Å²) in [6.45, 7) is 3.81. The number of nitrogens with zero attached hydrogens (tertiary/aromatic N) is 2. The van der Waals surface area contributed by atoms with Gasteiger partial charge in [0.1, 0.15) is 25.4 Å². The van der Waals surface area contributed by atoms with E-state index in [-0.39, 0.29) is 5.91 Å². The summed E-state index contributed by atoms with van der Waals surface area (Å²) in [5, 5.41) is 13.1. The molecule has 7 nitrogen and oxygen atoms in total. The molecule has 7 heteroatoms. The molecule has 0 radical (unpaired) electrons. The first kappa shape index (κ1) is 19.5. The number of amides is 1. The molecule has 3 rings (SSSR count). The van der Waals surface area contributed by atoms with Crippen LogP contribution in [0.25, 0.3) is 0 Å². The van der Waals surface area contributed by atoms with Crippen LogP contribution in [0.3, 0.4) is 0 Å². The van der Waals surface area contributed by atoms with E-state index in [1.807, 2.05) is 42.5 Å². The molecule has 0 atom stereocenters. The Morgan fingerprint density at radius 3 is 2.71 bits per heavy atom. The lowest BCUT2D eigenvalue weighted by molar-refractivity contribution is -0.900. The maximum Gasteiger partial charge on any atom is 0.295 e. The molecule has 1 saturated heterocycles. The average molecular weight is 379 g/mol. The maximum absolute atomic E-state index is 11.9. The minimum atomic E-state index is -0.107. The number of carbonyl (C=O) groups is 1. The first-order valence-electron chi connectivity index (χ1n) is 9.18. The molecular formula is C21H23N4O3+. The van der Waals surface area contributed by atoms with Crippen molar-refractivity contribution >= 4 is 12.1 Å². The Kier molecular flexibility index (Phi) is 7.13. The maximum atomic E-state index is 11.9. The summed E-state index contributed by atoms with van der Waals surface area (Å²) in [6, 6.07) is 16.9. The van der Waals surface area contributed by atoms with Gasteiger partial charge < -0.3 is 14.4 Å². The van der Waals surface area contributed by atoms with Gasteiger partial charge in [0.2, 0.25) is 0 Å². The van der Waals surface area contributed by atoms with E-state index < -0.39 is 0 Å². The van der Waals surface area contributed by atoms with E-state index in [2.05, 4.69) is 16.6 Å². The number of rotatable bonds is 7. The van der Waals surface area contributed by atoms with Gasteiger partial charge in [-0.2, -0.15) is 10.4 Å². The van der Waals surface area contributed by atoms with Gasteiger partial charge in [-0.25, -0.2) is 5.43 Å². The zero-order valence-corrected chi connectivity index (χ0v) is 15.6. The van der Waals surface area contributed by atoms with E-state index in [1.165, 1.54) is 4.90 Å². The normalized spacial score (nSPS) is 14.5. The molecular weight excluding hydrogens is 356 g/mol. The Balaban J connectivity index is 1.45. The lowest BCUT2D eigenvalue weighted by Gasteiger charge is -2.22. The highest BCUT2D eigenvalue weighted by molar-refractivity contribution is 5.82. The van der Waals surface area contributed by atoms with Crippen molar-refractivity contribution in [3.63, 3.8) is 0 Å². The van der Waals surface area contributed by atoms with Crippen LogP contribution in [-0.2, 0) is 16.1 Å². The van der Waals surface area contributed by atoms with E-state index in [1.54, 1.807) is 12.3 Å². The van der Waals surface area contributed by atoms with Crippen LogP contribution in [0.2, 0.25) is 0 Å². The second-order valence-electron chi connectivity index (χ2n) is 6.46. The zero-order chi connectivity index (χ0) is 19.6. The number of benzene rings is 2. The van der Waals surface area contributed by atoms with Gasteiger partial charge in [0.15, 0.2) is 6.54 Å². The molecule has 0 unspecified atom stereocenters. The van der Waals surface area contributed by atoms with Gasteiger partial charge in [-0.05, 0) is 35.9 Å². The van der Waals surface area contributed by atoms with Crippen molar-refractivity contribution in [1.29, 1.82) is 5.26 Å². The van der Waals surface area contributed by atoms with Crippen LogP contribution in [-0.4, -0.2) is 45.0 Å². The van der Waals surface area contributed by atoms with Gasteiger partial charge in [0.25, 0.3) is 5.91 Å². The second kappa shape index (κ2) is 10.2. The van der Waals surface area contributed by atoms with Gasteiger partial charge in [-0.3, -0.25) is 4.79 Å². The Morgan fingerprint density at radius 1 is 1.21 bits per heavy atom. The van der Waals surface area contributed by atoms with Crippen LogP contribution in [0.5, 0.6) is 5.75 Å². The Morgan fingerprint density at radius 2 is 1.96 bits per heavy atom. The number of ether oxygens (including phenoxy) is 2. The summed E-state index contributed by atoms with van der Waals surface area (Å²) < 4.78 is 11.0. The van der Waals surface area contributed by atoms with Crippen molar-refractivity contribution in [2.45, 2.75) is 6.61 Å². The topological polar surface area (TPSA) is 88.1 Å². The highest BCUT2D eigenvalue weighted by Crippen LogP contribution is 2.15. The van der Waals surface area contributed by atoms with Crippen LogP contribution >= 0.6 is 0 Å². The van der Waals surface area contributed by atoms with Gasteiger partial charge in [0.05, 0.1) is 31.1 Å². The Labute approximate surface area is 164 Å². The molecule has 1 amide bonds. The first-order chi connectivity index (χ1) is 13.7. The van der Waals surface area contributed by atoms with E-state index in [0.717, 1.165) is 24.2 Å². The molecule has 2 N–H and O–H groups in total. The van der Waals surface area contributed by atoms with Gasteiger partial charge in [0, 0.05) is 5.56 Å². The summed E-state index contributed by atoms with van der Waals surface area (Å²) in [4.78, 5) is 13.1. The number of hydrogen-bond donors (Lipinski definition) is 2. The van der Waals surface area contributed by atoms with Crippen molar-refractivity contribution in [1.82, 2.24) is 5.43 Å². The fraction of sp³-hybridized carbons (Fsp3) is 0.286. The van der Waals surface area contributed by atoms with Crippen molar-refractivity contribution in [3.8, 4) is 11.8 Å². The van der Waals surface area contributed by atoms with Gasteiger partial charge in [-0.1, -0.05) is 18.2 Å². The van der Waals surface area contributed by atoms with Crippen molar-refractivity contribution in [2.24, 2.45) is 5.10 Å². The SMILES string of the molecule is N#Cc1ccccc1COc1ccc(/C=N\NC(=O)C[NH+]2CCOCC2)cc1. The standard InChI is InChI=1S/C21H22N4O3/c22-13-18-3-1-2-4-19(18)16-28-20-7-5-17(6-8-20)14-23-24-21(26)15-25-9-11-27-12-10-25/h1-8,14H,9-12,15-16H2,(H,24,26)/p+1/b23-14-. The van der Waals surface area contributed by atoms with Crippen molar-refractivity contribution in [3.05, 3.63) is 65.2 Å². The van der Waals surface area contributed by atoms with E-state index in [9.17, 15) is 4.79 Å². The molecule has 0 aliphatic carbocycles. The van der Waals surface area contributed by atoms with Gasteiger partial charge in [-0.15, -0.1) is 0 Å². The number of hydrazone groups is 1. The molecule has 2 aromatic rings. The first-order valence-corrected chi connectivity index (χ1v) is 9.18. The predicted octanol–water partition coefficient (Wildman–Crippen LogP) is 0.502. The van der Waals surface area contributed by atoms with E-state index in [0.29, 0.717) is 37.7 Å². The minimum Gasteiger partial charge on any atom is -0.489 e. The zero-order valence-electron chi connectivity index (χ0n) is 15.6. The van der Waals surface area contributed by atoms with Crippen LogP contribution < -0.4 is 15.1 Å². The summed E-state index contributed by atoms with van der Waals surface area (Å²) in [7, 11) is 0. The lowest BCUT2D eigenvalue weighted by atomic mass is 10.1. The number of morpholine rings is 1. The predicted molar refractivity (Wildman–Crippen MR) is 104 cm³/mol. The van der Waals surface area contributed by atoms with Crippen LogP contribution in [0.4, 0.5) is 0 Å². The smallest absolute Gasteiger partial charge is 0.295 e. The summed E-state index contributed by atoms with van der Waals surface area (Å²) in [5.41, 5.74) is 4.87. The number of carbonyl (C=O) groups excluding carboxylic acids is 1. The number of nitriles is 1. The largest absolute Gasteiger partial charge is 0.489 e. The lowest BCUT2D eigenvalue weighted by Crippen LogP contribution is -3.15. The molecule has 28 heavy (non-hydrogen) atoms. The van der Waals surface area contributed by atoms with Crippen LogP contribution in [0.15, 0.2) is 53.6 Å². The molecule has 0 saturated carbocycles. The van der Waals surface area contributed by atoms with Crippen LogP contribution in [0.1, 0.15) is 16.7 Å². The van der Waals surface area contributed by atoms with Crippen molar-refractivity contribution < 1.29 is 19.2 Å². The van der Waals surface area contributed by atoms with Crippen LogP contribution in [0, 0.1) is 11.3 Å². The summed E-state index contributed by atoms with van der Waals surface area (Å²) in [5.74, 6) is 0.592. The Hall–Kier alpha value is -3.21. The Bertz CT molecular complexity index is 853. The fourth-order valence-electron chi connectivity index (χ4n) is 2.85. The third-order valence-corrected chi connectivity index (χ3v) is 4.43. The summed E-state index contributed by atoms with van der Waals surface area (Å²) in [6.07, 6.45) is 1.60. The molecule has 144 valence electrons. The monoisotopic (exact) mass is 379 g/mol. The third-order valence-electron chi connectivity index (χ3n) is 4.43. The fourth-order valence-corrected chi connectivity index (χ4v) is 2.85.